The topological polar surface area (TPSA) is 77.8 Å². The molecule has 0 unspecified atom stereocenters. The number of hydrogen-bond donors (Lipinski definition) is 1. The number of nitrogen functional groups attached to an aromatic ring is 1. The van der Waals surface area contributed by atoms with Crippen LogP contribution in [0.5, 0.6) is 0 Å². The molecule has 0 saturated heterocycles. The fourth-order valence-electron chi connectivity index (χ4n) is 1.42. The quantitative estimate of drug-likeness (QED) is 0.550. The summed E-state index contributed by atoms with van der Waals surface area (Å²) in [7, 11) is 0. The molecular weight excluding hydrogens is 236 g/mol. The van der Waals surface area contributed by atoms with Gasteiger partial charge in [-0.1, -0.05) is 6.07 Å². The Balaban J connectivity index is 1.99. The minimum Gasteiger partial charge on any atom is -0.431 e. The summed E-state index contributed by atoms with van der Waals surface area (Å²) in [4.78, 5) is 12.3. The van der Waals surface area contributed by atoms with E-state index < -0.39 is 0 Å². The highest BCUT2D eigenvalue weighted by Gasteiger charge is 2.09. The number of anilines is 1. The van der Waals surface area contributed by atoms with Gasteiger partial charge in [-0.15, -0.1) is 0 Å². The molecule has 3 rings (SSSR count). The molecule has 2 heterocycles. The van der Waals surface area contributed by atoms with Crippen LogP contribution in [0, 0.1) is 0 Å². The van der Waals surface area contributed by atoms with E-state index in [-0.39, 0.29) is 0 Å². The highest BCUT2D eigenvalue weighted by molar-refractivity contribution is 7.99. The van der Waals surface area contributed by atoms with Crippen molar-refractivity contribution in [1.29, 1.82) is 0 Å². The minimum absolute atomic E-state index is 0.525. The van der Waals surface area contributed by atoms with Crippen molar-refractivity contribution < 1.29 is 4.42 Å². The van der Waals surface area contributed by atoms with Gasteiger partial charge in [0.1, 0.15) is 16.9 Å². The lowest BCUT2D eigenvalue weighted by Gasteiger charge is -1.92. The molecule has 0 radical (unpaired) electrons. The second-order valence-corrected chi connectivity index (χ2v) is 4.30. The Kier molecular flexibility index (Phi) is 2.41. The molecule has 0 spiro atoms. The van der Waals surface area contributed by atoms with Crippen molar-refractivity contribution in [3.8, 4) is 0 Å². The Morgan fingerprint density at radius 3 is 2.94 bits per heavy atom. The van der Waals surface area contributed by atoms with Gasteiger partial charge >= 0.3 is 0 Å². The maximum absolute atomic E-state index is 5.81. The number of nitrogens with zero attached hydrogens (tertiary/aromatic N) is 3. The summed E-state index contributed by atoms with van der Waals surface area (Å²) in [6, 6.07) is 7.26. The Hall–Kier alpha value is -2.08. The zero-order valence-electron chi connectivity index (χ0n) is 8.70. The van der Waals surface area contributed by atoms with E-state index in [1.165, 1.54) is 18.1 Å². The molecule has 0 aliphatic rings. The number of hydrogen-bond acceptors (Lipinski definition) is 6. The predicted molar refractivity (Wildman–Crippen MR) is 64.6 cm³/mol. The Morgan fingerprint density at radius 1 is 1.24 bits per heavy atom. The van der Waals surface area contributed by atoms with E-state index in [1.807, 2.05) is 12.1 Å². The van der Waals surface area contributed by atoms with E-state index in [9.17, 15) is 0 Å². The number of fused-ring (bicyclic) bond motifs is 1. The molecule has 5 nitrogen and oxygen atoms in total. The molecule has 0 atom stereocenters. The monoisotopic (exact) mass is 244 g/mol. The molecule has 0 bridgehead atoms. The van der Waals surface area contributed by atoms with Crippen LogP contribution in [0.3, 0.4) is 0 Å². The molecular formula is C11H8N4OS. The molecule has 0 fully saturated rings. The van der Waals surface area contributed by atoms with Gasteiger partial charge in [-0.05, 0) is 30.0 Å². The number of oxazole rings is 1. The molecule has 0 aliphatic heterocycles. The number of benzene rings is 1. The summed E-state index contributed by atoms with van der Waals surface area (Å²) in [5, 5.41) is 1.31. The SMILES string of the molecule is Nc1cccc2oc(Sc3ccncn3)nc12. The molecule has 84 valence electrons. The molecule has 0 saturated carbocycles. The van der Waals surface area contributed by atoms with Gasteiger partial charge in [-0.25, -0.2) is 15.0 Å². The third-order valence-corrected chi connectivity index (χ3v) is 2.98. The smallest absolute Gasteiger partial charge is 0.263 e. The Bertz CT molecular complexity index is 653. The molecule has 0 amide bonds. The van der Waals surface area contributed by atoms with E-state index in [0.29, 0.717) is 22.0 Å². The van der Waals surface area contributed by atoms with Crippen molar-refractivity contribution in [2.45, 2.75) is 10.2 Å². The van der Waals surface area contributed by atoms with Crippen molar-refractivity contribution in [3.63, 3.8) is 0 Å². The van der Waals surface area contributed by atoms with Gasteiger partial charge in [-0.2, -0.15) is 0 Å². The van der Waals surface area contributed by atoms with Crippen LogP contribution in [-0.4, -0.2) is 15.0 Å². The van der Waals surface area contributed by atoms with Gasteiger partial charge in [0.05, 0.1) is 5.69 Å². The number of aromatic nitrogens is 3. The van der Waals surface area contributed by atoms with Crippen LogP contribution in [0.25, 0.3) is 11.1 Å². The zero-order valence-corrected chi connectivity index (χ0v) is 9.52. The maximum atomic E-state index is 5.81. The highest BCUT2D eigenvalue weighted by atomic mass is 32.2. The minimum atomic E-state index is 0.525. The lowest BCUT2D eigenvalue weighted by atomic mass is 10.3. The van der Waals surface area contributed by atoms with E-state index in [2.05, 4.69) is 15.0 Å². The molecule has 1 aromatic carbocycles. The first-order valence-electron chi connectivity index (χ1n) is 4.92. The zero-order chi connectivity index (χ0) is 11.7. The van der Waals surface area contributed by atoms with Crippen molar-refractivity contribution in [1.82, 2.24) is 15.0 Å². The first kappa shape index (κ1) is 10.1. The summed E-state index contributed by atoms with van der Waals surface area (Å²) in [6.07, 6.45) is 3.16. The lowest BCUT2D eigenvalue weighted by molar-refractivity contribution is 0.489. The summed E-state index contributed by atoms with van der Waals surface area (Å²) >= 11 is 1.34. The molecule has 6 heteroatoms. The first-order valence-corrected chi connectivity index (χ1v) is 5.73. The van der Waals surface area contributed by atoms with Gasteiger partial charge < -0.3 is 10.2 Å². The van der Waals surface area contributed by atoms with Crippen molar-refractivity contribution in [3.05, 3.63) is 36.8 Å². The molecule has 0 aliphatic carbocycles. The normalized spacial score (nSPS) is 10.8. The number of rotatable bonds is 2. The molecule has 2 N–H and O–H groups in total. The average molecular weight is 244 g/mol. The van der Waals surface area contributed by atoms with Crippen LogP contribution in [-0.2, 0) is 0 Å². The number of para-hydroxylation sites is 1. The second-order valence-electron chi connectivity index (χ2n) is 3.32. The summed E-state index contributed by atoms with van der Waals surface area (Å²) in [6.45, 7) is 0. The fraction of sp³-hybridized carbons (Fsp3) is 0. The highest BCUT2D eigenvalue weighted by Crippen LogP contribution is 2.30. The van der Waals surface area contributed by atoms with E-state index in [1.54, 1.807) is 18.3 Å². The number of nitrogens with two attached hydrogens (primary N) is 1. The van der Waals surface area contributed by atoms with Crippen LogP contribution in [0.1, 0.15) is 0 Å². The Labute approximate surface area is 101 Å². The third-order valence-electron chi connectivity index (χ3n) is 2.18. The van der Waals surface area contributed by atoms with Gasteiger partial charge in [0.25, 0.3) is 5.22 Å². The fourth-order valence-corrected chi connectivity index (χ4v) is 2.10. The van der Waals surface area contributed by atoms with E-state index in [4.69, 9.17) is 10.2 Å². The van der Waals surface area contributed by atoms with Crippen LogP contribution in [0.2, 0.25) is 0 Å². The van der Waals surface area contributed by atoms with Crippen molar-refractivity contribution in [2.75, 3.05) is 5.73 Å². The van der Waals surface area contributed by atoms with Gasteiger partial charge in [-0.3, -0.25) is 0 Å². The summed E-state index contributed by atoms with van der Waals surface area (Å²) in [5.74, 6) is 0. The van der Waals surface area contributed by atoms with E-state index in [0.717, 1.165) is 5.03 Å². The van der Waals surface area contributed by atoms with Crippen LogP contribution < -0.4 is 5.73 Å². The maximum Gasteiger partial charge on any atom is 0.263 e. The summed E-state index contributed by atoms with van der Waals surface area (Å²) in [5.41, 5.74) is 7.78. The predicted octanol–water partition coefficient (Wildman–Crippen LogP) is 2.35. The Morgan fingerprint density at radius 2 is 2.18 bits per heavy atom. The largest absolute Gasteiger partial charge is 0.431 e. The van der Waals surface area contributed by atoms with Crippen LogP contribution >= 0.6 is 11.8 Å². The molecule has 3 aromatic rings. The summed E-state index contributed by atoms with van der Waals surface area (Å²) < 4.78 is 5.56. The van der Waals surface area contributed by atoms with Crippen molar-refractivity contribution in [2.24, 2.45) is 0 Å². The second kappa shape index (κ2) is 4.06. The van der Waals surface area contributed by atoms with Crippen LogP contribution in [0.15, 0.2) is 51.5 Å². The van der Waals surface area contributed by atoms with Crippen LogP contribution in [0.4, 0.5) is 5.69 Å². The average Bonchev–Trinajstić information content (AvgIpc) is 2.74. The van der Waals surface area contributed by atoms with Gasteiger partial charge in [0.2, 0.25) is 0 Å². The first-order chi connectivity index (χ1) is 8.33. The molecule has 2 aromatic heterocycles. The van der Waals surface area contributed by atoms with Gasteiger partial charge in [0.15, 0.2) is 5.58 Å². The molecule has 17 heavy (non-hydrogen) atoms. The van der Waals surface area contributed by atoms with Gasteiger partial charge in [0, 0.05) is 6.20 Å². The standard InChI is InChI=1S/C11H8N4OS/c12-7-2-1-3-8-10(7)15-11(16-8)17-9-4-5-13-6-14-9/h1-6H,12H2. The lowest BCUT2D eigenvalue weighted by Crippen LogP contribution is -1.85. The van der Waals surface area contributed by atoms with E-state index >= 15 is 0 Å². The van der Waals surface area contributed by atoms with Crippen molar-refractivity contribution >= 4 is 28.5 Å². The third kappa shape index (κ3) is 1.94.